The van der Waals surface area contributed by atoms with E-state index >= 15 is 0 Å². The summed E-state index contributed by atoms with van der Waals surface area (Å²) >= 11 is 26.4. The van der Waals surface area contributed by atoms with Crippen LogP contribution in [0.4, 0.5) is 0 Å². The number of rotatable bonds is 8. The SMILES string of the molecule is N[C@@H](CSc1c(Cl)c(Cl)c(Cl)c(Cl)c1SC[C@H](N)C(=O)O)C(=O)O. The van der Waals surface area contributed by atoms with Crippen LogP contribution in [0.5, 0.6) is 0 Å². The standard InChI is InChI=1S/C12H12Cl4N2O4S2/c13-5-6(14)8(16)10(24-2-4(18)12(21)22)9(7(5)15)23-1-3(17)11(19)20/h3-4H,1-2,17-18H2,(H,19,20)(H,21,22)/t3-,4-/m0/s1. The van der Waals surface area contributed by atoms with Gasteiger partial charge in [0.1, 0.15) is 12.1 Å². The van der Waals surface area contributed by atoms with Gasteiger partial charge in [-0.2, -0.15) is 0 Å². The van der Waals surface area contributed by atoms with Crippen molar-refractivity contribution in [3.63, 3.8) is 0 Å². The highest BCUT2D eigenvalue weighted by Gasteiger charge is 2.24. The van der Waals surface area contributed by atoms with Crippen molar-refractivity contribution >= 4 is 81.9 Å². The lowest BCUT2D eigenvalue weighted by Crippen LogP contribution is -2.32. The number of benzene rings is 1. The first-order valence-electron chi connectivity index (χ1n) is 6.16. The van der Waals surface area contributed by atoms with E-state index in [0.29, 0.717) is 9.79 Å². The van der Waals surface area contributed by atoms with Crippen molar-refractivity contribution in [3.05, 3.63) is 20.1 Å². The molecule has 24 heavy (non-hydrogen) atoms. The Morgan fingerprint density at radius 3 is 1.33 bits per heavy atom. The van der Waals surface area contributed by atoms with Crippen LogP contribution in [0.1, 0.15) is 0 Å². The molecule has 0 unspecified atom stereocenters. The summed E-state index contributed by atoms with van der Waals surface area (Å²) < 4.78 is 0. The van der Waals surface area contributed by atoms with Gasteiger partial charge in [-0.1, -0.05) is 46.4 Å². The van der Waals surface area contributed by atoms with Crippen LogP contribution in [0, 0.1) is 0 Å². The highest BCUT2D eigenvalue weighted by atomic mass is 35.5. The van der Waals surface area contributed by atoms with Gasteiger partial charge in [0.2, 0.25) is 0 Å². The molecule has 1 rings (SSSR count). The lowest BCUT2D eigenvalue weighted by Gasteiger charge is -2.17. The van der Waals surface area contributed by atoms with E-state index in [9.17, 15) is 9.59 Å². The summed E-state index contributed by atoms with van der Waals surface area (Å²) in [5.74, 6) is -2.34. The quantitative estimate of drug-likeness (QED) is 0.268. The van der Waals surface area contributed by atoms with Gasteiger partial charge in [-0.05, 0) is 0 Å². The fourth-order valence-electron chi connectivity index (χ4n) is 1.34. The highest BCUT2D eigenvalue weighted by Crippen LogP contribution is 2.49. The molecule has 0 aromatic heterocycles. The largest absolute Gasteiger partial charge is 0.480 e. The summed E-state index contributed by atoms with van der Waals surface area (Å²) in [7, 11) is 0. The van der Waals surface area contributed by atoms with E-state index in [1.165, 1.54) is 0 Å². The van der Waals surface area contributed by atoms with E-state index in [-0.39, 0.29) is 31.6 Å². The summed E-state index contributed by atoms with van der Waals surface area (Å²) in [6, 6.07) is -2.25. The molecule has 0 heterocycles. The average Bonchev–Trinajstić information content (AvgIpc) is 2.53. The summed E-state index contributed by atoms with van der Waals surface area (Å²) in [5.41, 5.74) is 10.9. The Kier molecular flexibility index (Phi) is 8.78. The Morgan fingerprint density at radius 1 is 0.792 bits per heavy atom. The number of halogens is 4. The maximum absolute atomic E-state index is 10.8. The number of carboxylic acids is 2. The third-order valence-corrected chi connectivity index (χ3v) is 7.23. The van der Waals surface area contributed by atoms with E-state index in [1.807, 2.05) is 0 Å². The minimum Gasteiger partial charge on any atom is -0.480 e. The summed E-state index contributed by atoms with van der Waals surface area (Å²) in [4.78, 5) is 22.4. The zero-order valence-electron chi connectivity index (χ0n) is 11.8. The first-order valence-corrected chi connectivity index (χ1v) is 9.64. The van der Waals surface area contributed by atoms with Crippen LogP contribution in [0.25, 0.3) is 0 Å². The van der Waals surface area contributed by atoms with E-state index in [0.717, 1.165) is 23.5 Å². The molecule has 1 aromatic carbocycles. The van der Waals surface area contributed by atoms with Crippen LogP contribution in [0.3, 0.4) is 0 Å². The van der Waals surface area contributed by atoms with Crippen molar-refractivity contribution in [1.82, 2.24) is 0 Å². The number of thioether (sulfide) groups is 2. The molecule has 0 aliphatic heterocycles. The molecule has 2 atom stereocenters. The third kappa shape index (κ3) is 5.47. The topological polar surface area (TPSA) is 127 Å². The van der Waals surface area contributed by atoms with Gasteiger partial charge in [0, 0.05) is 21.3 Å². The maximum Gasteiger partial charge on any atom is 0.321 e. The van der Waals surface area contributed by atoms with Gasteiger partial charge in [0.25, 0.3) is 0 Å². The molecule has 12 heteroatoms. The Balaban J connectivity index is 3.18. The van der Waals surface area contributed by atoms with E-state index in [4.69, 9.17) is 68.1 Å². The number of aliphatic carboxylic acids is 2. The van der Waals surface area contributed by atoms with Gasteiger partial charge in [0.05, 0.1) is 20.1 Å². The molecule has 0 bridgehead atoms. The van der Waals surface area contributed by atoms with Gasteiger partial charge in [-0.3, -0.25) is 9.59 Å². The zero-order valence-corrected chi connectivity index (χ0v) is 16.4. The monoisotopic (exact) mass is 452 g/mol. The van der Waals surface area contributed by atoms with Crippen molar-refractivity contribution in [1.29, 1.82) is 0 Å². The first kappa shape index (κ1) is 22.0. The van der Waals surface area contributed by atoms with Gasteiger partial charge in [-0.15, -0.1) is 23.5 Å². The molecule has 1 aromatic rings. The molecule has 0 spiro atoms. The minimum absolute atomic E-state index is 0.00187. The molecule has 6 N–H and O–H groups in total. The third-order valence-electron chi connectivity index (χ3n) is 2.63. The van der Waals surface area contributed by atoms with Gasteiger partial charge < -0.3 is 21.7 Å². The Hall–Kier alpha value is -0.0600. The second-order valence-electron chi connectivity index (χ2n) is 4.43. The number of hydrogen-bond acceptors (Lipinski definition) is 6. The fraction of sp³-hybridized carbons (Fsp3) is 0.333. The Morgan fingerprint density at radius 2 is 1.08 bits per heavy atom. The van der Waals surface area contributed by atoms with Crippen LogP contribution >= 0.6 is 69.9 Å². The van der Waals surface area contributed by atoms with Crippen molar-refractivity contribution in [2.45, 2.75) is 21.9 Å². The van der Waals surface area contributed by atoms with Crippen molar-refractivity contribution in [2.24, 2.45) is 11.5 Å². The lowest BCUT2D eigenvalue weighted by atomic mass is 10.3. The molecule has 0 aliphatic carbocycles. The first-order chi connectivity index (χ1) is 11.1. The molecule has 6 nitrogen and oxygen atoms in total. The number of carbonyl (C=O) groups is 2. The normalized spacial score (nSPS) is 13.6. The van der Waals surface area contributed by atoms with Crippen LogP contribution in [0.2, 0.25) is 20.1 Å². The second kappa shape index (κ2) is 9.59. The lowest BCUT2D eigenvalue weighted by molar-refractivity contribution is -0.138. The second-order valence-corrected chi connectivity index (χ2v) is 8.00. The minimum atomic E-state index is -1.17. The molecular formula is C12H12Cl4N2O4S2. The number of hydrogen-bond donors (Lipinski definition) is 4. The fourth-order valence-corrected chi connectivity index (χ4v) is 5.00. The summed E-state index contributed by atoms with van der Waals surface area (Å²) in [6.45, 7) is 0. The smallest absolute Gasteiger partial charge is 0.321 e. The Bertz CT molecular complexity index is 608. The van der Waals surface area contributed by atoms with Crippen molar-refractivity contribution in [2.75, 3.05) is 11.5 Å². The molecular weight excluding hydrogens is 442 g/mol. The molecule has 0 aliphatic rings. The molecule has 0 amide bonds. The zero-order chi connectivity index (χ0) is 18.6. The molecule has 0 saturated carbocycles. The van der Waals surface area contributed by atoms with Crippen molar-refractivity contribution in [3.8, 4) is 0 Å². The Labute approximate surface area is 166 Å². The van der Waals surface area contributed by atoms with Crippen LogP contribution in [-0.2, 0) is 9.59 Å². The molecule has 0 saturated heterocycles. The molecule has 0 fully saturated rings. The van der Waals surface area contributed by atoms with E-state index in [1.54, 1.807) is 0 Å². The van der Waals surface area contributed by atoms with Crippen LogP contribution in [0.15, 0.2) is 9.79 Å². The highest BCUT2D eigenvalue weighted by molar-refractivity contribution is 8.02. The van der Waals surface area contributed by atoms with Gasteiger partial charge in [-0.25, -0.2) is 0 Å². The van der Waals surface area contributed by atoms with E-state index < -0.39 is 24.0 Å². The summed E-state index contributed by atoms with van der Waals surface area (Å²) in [6.07, 6.45) is 0. The maximum atomic E-state index is 10.8. The number of carboxylic acid groups (broad SMARTS) is 2. The predicted octanol–water partition coefficient (Wildman–Crippen LogP) is 3.31. The van der Waals surface area contributed by atoms with Crippen LogP contribution < -0.4 is 11.5 Å². The average molecular weight is 454 g/mol. The van der Waals surface area contributed by atoms with Crippen LogP contribution in [-0.4, -0.2) is 45.7 Å². The molecule has 0 radical (unpaired) electrons. The van der Waals surface area contributed by atoms with Gasteiger partial charge >= 0.3 is 11.9 Å². The predicted molar refractivity (Wildman–Crippen MR) is 99.2 cm³/mol. The van der Waals surface area contributed by atoms with Gasteiger partial charge in [0.15, 0.2) is 0 Å². The van der Waals surface area contributed by atoms with E-state index in [2.05, 4.69) is 0 Å². The number of nitrogens with two attached hydrogens (primary N) is 2. The summed E-state index contributed by atoms with van der Waals surface area (Å²) in [5, 5.41) is 17.9. The molecule has 134 valence electrons. The van der Waals surface area contributed by atoms with Crippen molar-refractivity contribution < 1.29 is 19.8 Å².